The van der Waals surface area contributed by atoms with Crippen molar-refractivity contribution in [2.24, 2.45) is 0 Å². The molecule has 0 aliphatic carbocycles. The molecule has 0 aromatic heterocycles. The highest BCUT2D eigenvalue weighted by molar-refractivity contribution is 6.20. The van der Waals surface area contributed by atoms with E-state index in [9.17, 15) is 4.79 Å². The number of para-hydroxylation sites is 1. The summed E-state index contributed by atoms with van der Waals surface area (Å²) < 4.78 is 11.3. The Morgan fingerprint density at radius 3 is 2.52 bits per heavy atom. The van der Waals surface area contributed by atoms with Gasteiger partial charge >= 0.3 is 5.97 Å². The average Bonchev–Trinajstić information content (AvgIpc) is 2.67. The molecule has 0 radical (unpaired) electrons. The Balaban J connectivity index is 1.53. The molecule has 1 aliphatic heterocycles. The van der Waals surface area contributed by atoms with Crippen LogP contribution in [0.15, 0.2) is 78.9 Å². The lowest BCUT2D eigenvalue weighted by Crippen LogP contribution is -2.28. The van der Waals surface area contributed by atoms with Crippen LogP contribution in [-0.2, 0) is 9.53 Å². The summed E-state index contributed by atoms with van der Waals surface area (Å²) in [6, 6.07) is 23.6. The van der Waals surface area contributed by atoms with Gasteiger partial charge in [-0.2, -0.15) is 0 Å². The minimum absolute atomic E-state index is 0.258. The van der Waals surface area contributed by atoms with Crippen molar-refractivity contribution in [2.45, 2.75) is 12.5 Å². The molecule has 124 valence electrons. The Bertz CT molecular complexity index is 923. The molecule has 1 atom stereocenters. The highest BCUT2D eigenvalue weighted by Gasteiger charge is 2.25. The van der Waals surface area contributed by atoms with Crippen molar-refractivity contribution in [1.29, 1.82) is 0 Å². The summed E-state index contributed by atoms with van der Waals surface area (Å²) in [6.07, 6.45) is 2.36. The molecule has 25 heavy (non-hydrogen) atoms. The van der Waals surface area contributed by atoms with Gasteiger partial charge in [0.1, 0.15) is 18.5 Å². The minimum Gasteiger partial charge on any atom is -0.490 e. The van der Waals surface area contributed by atoms with E-state index in [0.29, 0.717) is 18.6 Å². The third kappa shape index (κ3) is 3.26. The molecule has 0 amide bonds. The fraction of sp³-hybridized carbons (Fsp3) is 0.136. The molecular weight excluding hydrogens is 312 g/mol. The Morgan fingerprint density at radius 2 is 1.68 bits per heavy atom. The van der Waals surface area contributed by atoms with Crippen LogP contribution in [-0.4, -0.2) is 18.7 Å². The van der Waals surface area contributed by atoms with Crippen LogP contribution in [0.2, 0.25) is 0 Å². The molecule has 0 saturated heterocycles. The SMILES string of the molecule is O=C1OC(COc2ccccc2)CC=C1c1cccc2ccccc12. The number of hydrogen-bond donors (Lipinski definition) is 0. The molecule has 0 N–H and O–H groups in total. The van der Waals surface area contributed by atoms with Gasteiger partial charge in [-0.05, 0) is 28.5 Å². The largest absolute Gasteiger partial charge is 0.490 e. The zero-order valence-corrected chi connectivity index (χ0v) is 13.7. The number of ether oxygens (including phenoxy) is 2. The van der Waals surface area contributed by atoms with Crippen LogP contribution >= 0.6 is 0 Å². The predicted octanol–water partition coefficient (Wildman–Crippen LogP) is 4.62. The van der Waals surface area contributed by atoms with Gasteiger partial charge in [-0.3, -0.25) is 0 Å². The van der Waals surface area contributed by atoms with Gasteiger partial charge < -0.3 is 9.47 Å². The molecule has 3 nitrogen and oxygen atoms in total. The first-order chi connectivity index (χ1) is 12.3. The van der Waals surface area contributed by atoms with Crippen molar-refractivity contribution in [2.75, 3.05) is 6.61 Å². The Morgan fingerprint density at radius 1 is 0.920 bits per heavy atom. The molecule has 0 saturated carbocycles. The second-order valence-electron chi connectivity index (χ2n) is 6.03. The van der Waals surface area contributed by atoms with Gasteiger partial charge in [-0.15, -0.1) is 0 Å². The van der Waals surface area contributed by atoms with Crippen LogP contribution in [0.1, 0.15) is 12.0 Å². The molecule has 3 heteroatoms. The van der Waals surface area contributed by atoms with E-state index in [1.807, 2.05) is 78.9 Å². The van der Waals surface area contributed by atoms with Crippen molar-refractivity contribution < 1.29 is 14.3 Å². The fourth-order valence-corrected chi connectivity index (χ4v) is 3.08. The number of rotatable bonds is 4. The zero-order chi connectivity index (χ0) is 17.1. The van der Waals surface area contributed by atoms with Crippen molar-refractivity contribution >= 4 is 22.3 Å². The van der Waals surface area contributed by atoms with Gasteiger partial charge in [0.05, 0.1) is 5.57 Å². The maximum Gasteiger partial charge on any atom is 0.338 e. The van der Waals surface area contributed by atoms with Gasteiger partial charge in [-0.1, -0.05) is 66.7 Å². The number of carbonyl (C=O) groups excluding carboxylic acids is 1. The topological polar surface area (TPSA) is 35.5 Å². The summed E-state index contributed by atoms with van der Waals surface area (Å²) in [7, 11) is 0. The van der Waals surface area contributed by atoms with Crippen LogP contribution < -0.4 is 4.74 Å². The average molecular weight is 330 g/mol. The lowest BCUT2D eigenvalue weighted by Gasteiger charge is -2.23. The van der Waals surface area contributed by atoms with Crippen molar-refractivity contribution in [3.63, 3.8) is 0 Å². The molecule has 1 unspecified atom stereocenters. The lowest BCUT2D eigenvalue weighted by atomic mass is 9.96. The number of benzene rings is 3. The molecule has 0 spiro atoms. The maximum atomic E-state index is 12.5. The fourth-order valence-electron chi connectivity index (χ4n) is 3.08. The number of cyclic esters (lactones) is 1. The van der Waals surface area contributed by atoms with E-state index in [-0.39, 0.29) is 12.1 Å². The van der Waals surface area contributed by atoms with Crippen molar-refractivity contribution in [3.05, 3.63) is 84.4 Å². The van der Waals surface area contributed by atoms with Gasteiger partial charge in [-0.25, -0.2) is 4.79 Å². The Hall–Kier alpha value is -3.07. The van der Waals surface area contributed by atoms with Crippen LogP contribution in [0.3, 0.4) is 0 Å². The number of esters is 1. The van der Waals surface area contributed by atoms with Gasteiger partial charge in [0.2, 0.25) is 0 Å². The second-order valence-corrected chi connectivity index (χ2v) is 6.03. The third-order valence-corrected chi connectivity index (χ3v) is 4.34. The van der Waals surface area contributed by atoms with Crippen LogP contribution in [0.25, 0.3) is 16.3 Å². The van der Waals surface area contributed by atoms with Crippen LogP contribution in [0.5, 0.6) is 5.75 Å². The summed E-state index contributed by atoms with van der Waals surface area (Å²) in [5, 5.41) is 2.18. The van der Waals surface area contributed by atoms with E-state index in [2.05, 4.69) is 0 Å². The number of fused-ring (bicyclic) bond motifs is 1. The second kappa shape index (κ2) is 6.81. The maximum absolute atomic E-state index is 12.5. The molecule has 0 bridgehead atoms. The quantitative estimate of drug-likeness (QED) is 0.655. The van der Waals surface area contributed by atoms with E-state index in [0.717, 1.165) is 22.1 Å². The molecular formula is C22H18O3. The Labute approximate surface area is 146 Å². The Kier molecular flexibility index (Phi) is 4.21. The van der Waals surface area contributed by atoms with E-state index >= 15 is 0 Å². The highest BCUT2D eigenvalue weighted by atomic mass is 16.6. The van der Waals surface area contributed by atoms with Crippen molar-refractivity contribution in [1.82, 2.24) is 0 Å². The smallest absolute Gasteiger partial charge is 0.338 e. The number of hydrogen-bond acceptors (Lipinski definition) is 3. The summed E-state index contributed by atoms with van der Waals surface area (Å²) >= 11 is 0. The minimum atomic E-state index is -0.288. The lowest BCUT2D eigenvalue weighted by molar-refractivity contribution is -0.144. The highest BCUT2D eigenvalue weighted by Crippen LogP contribution is 2.29. The van der Waals surface area contributed by atoms with Crippen molar-refractivity contribution in [3.8, 4) is 5.75 Å². The molecule has 1 heterocycles. The van der Waals surface area contributed by atoms with E-state index in [4.69, 9.17) is 9.47 Å². The van der Waals surface area contributed by atoms with Crippen LogP contribution in [0.4, 0.5) is 0 Å². The van der Waals surface area contributed by atoms with E-state index in [1.54, 1.807) is 0 Å². The molecule has 3 aromatic rings. The monoisotopic (exact) mass is 330 g/mol. The predicted molar refractivity (Wildman–Crippen MR) is 98.4 cm³/mol. The molecule has 4 rings (SSSR count). The summed E-state index contributed by atoms with van der Waals surface area (Å²) in [5.41, 5.74) is 1.55. The first-order valence-corrected chi connectivity index (χ1v) is 8.38. The summed E-state index contributed by atoms with van der Waals surface area (Å²) in [4.78, 5) is 12.5. The van der Waals surface area contributed by atoms with E-state index in [1.165, 1.54) is 0 Å². The number of carbonyl (C=O) groups is 1. The molecule has 3 aromatic carbocycles. The first-order valence-electron chi connectivity index (χ1n) is 8.38. The summed E-state index contributed by atoms with van der Waals surface area (Å²) in [5.74, 6) is 0.492. The third-order valence-electron chi connectivity index (χ3n) is 4.34. The van der Waals surface area contributed by atoms with Gasteiger partial charge in [0.15, 0.2) is 0 Å². The normalized spacial score (nSPS) is 17.0. The van der Waals surface area contributed by atoms with Gasteiger partial charge in [0, 0.05) is 6.42 Å². The van der Waals surface area contributed by atoms with Crippen LogP contribution in [0, 0.1) is 0 Å². The van der Waals surface area contributed by atoms with Gasteiger partial charge in [0.25, 0.3) is 0 Å². The standard InChI is InChI=1S/C22H18O3/c23-22-21(20-12-6-8-16-7-4-5-11-19(16)20)14-13-18(25-22)15-24-17-9-2-1-3-10-17/h1-12,14,18H,13,15H2. The summed E-state index contributed by atoms with van der Waals surface area (Å²) in [6.45, 7) is 0.356. The first kappa shape index (κ1) is 15.5. The zero-order valence-electron chi connectivity index (χ0n) is 13.7. The molecule has 1 aliphatic rings. The molecule has 0 fully saturated rings. The van der Waals surface area contributed by atoms with E-state index < -0.39 is 0 Å².